The third-order valence-corrected chi connectivity index (χ3v) is 4.86. The summed E-state index contributed by atoms with van der Waals surface area (Å²) in [6.07, 6.45) is -5.23. The molecule has 0 aromatic heterocycles. The van der Waals surface area contributed by atoms with E-state index in [2.05, 4.69) is 4.74 Å². The number of alkyl halides is 5. The maximum absolute atomic E-state index is 14.5. The molecule has 0 unspecified atom stereocenters. The molecule has 0 aliphatic heterocycles. The van der Waals surface area contributed by atoms with E-state index in [1.54, 1.807) is 36.4 Å². The summed E-state index contributed by atoms with van der Waals surface area (Å²) in [7, 11) is 0. The van der Waals surface area contributed by atoms with Crippen molar-refractivity contribution in [2.24, 2.45) is 0 Å². The minimum atomic E-state index is -4.72. The van der Waals surface area contributed by atoms with Crippen LogP contribution in [0.1, 0.15) is 35.6 Å². The van der Waals surface area contributed by atoms with E-state index in [4.69, 9.17) is 4.74 Å². The van der Waals surface area contributed by atoms with Gasteiger partial charge in [-0.2, -0.15) is 8.78 Å². The average molecular weight is 450 g/mol. The molecule has 0 bridgehead atoms. The zero-order chi connectivity index (χ0) is 23.2. The Bertz CT molecular complexity index is 979. The second-order valence-electron chi connectivity index (χ2n) is 7.40. The molecular formula is C25H23F5O2. The Morgan fingerprint density at radius 1 is 0.562 bits per heavy atom. The normalized spacial score (nSPS) is 11.9. The molecule has 0 heterocycles. The topological polar surface area (TPSA) is 18.5 Å². The Morgan fingerprint density at radius 2 is 0.969 bits per heavy atom. The fourth-order valence-corrected chi connectivity index (χ4v) is 3.23. The van der Waals surface area contributed by atoms with Gasteiger partial charge >= 0.3 is 12.5 Å². The molecule has 0 amide bonds. The zero-order valence-electron chi connectivity index (χ0n) is 17.5. The van der Waals surface area contributed by atoms with Crippen LogP contribution in [0.4, 0.5) is 22.0 Å². The standard InChI is InChI=1S/C25H23F5O2/c1-2-3-18-6-12-21(13-7-18)24(26,27)31-22-14-8-19(9-15-22)4-5-20-10-16-23(17-11-20)32-25(28,29)30/h6-17H,2-5H2,1H3. The van der Waals surface area contributed by atoms with Crippen molar-refractivity contribution in [3.63, 3.8) is 0 Å². The highest BCUT2D eigenvalue weighted by Crippen LogP contribution is 2.32. The van der Waals surface area contributed by atoms with E-state index in [1.807, 2.05) is 6.92 Å². The summed E-state index contributed by atoms with van der Waals surface area (Å²) < 4.78 is 74.3. The minimum absolute atomic E-state index is 0.0463. The van der Waals surface area contributed by atoms with Crippen molar-refractivity contribution in [1.29, 1.82) is 0 Å². The summed E-state index contributed by atoms with van der Waals surface area (Å²) in [6, 6.07) is 18.1. The second-order valence-corrected chi connectivity index (χ2v) is 7.40. The fraction of sp³-hybridized carbons (Fsp3) is 0.280. The Balaban J connectivity index is 1.55. The highest BCUT2D eigenvalue weighted by atomic mass is 19.4. The lowest BCUT2D eigenvalue weighted by Gasteiger charge is -2.19. The molecule has 0 aliphatic carbocycles. The van der Waals surface area contributed by atoms with Gasteiger partial charge in [-0.25, -0.2) is 0 Å². The molecular weight excluding hydrogens is 427 g/mol. The second kappa shape index (κ2) is 10.0. The highest BCUT2D eigenvalue weighted by Gasteiger charge is 2.34. The van der Waals surface area contributed by atoms with E-state index >= 15 is 0 Å². The molecule has 3 rings (SSSR count). The summed E-state index contributed by atoms with van der Waals surface area (Å²) in [5.74, 6) is -0.228. The molecule has 2 nitrogen and oxygen atoms in total. The van der Waals surface area contributed by atoms with Gasteiger partial charge in [0.1, 0.15) is 11.5 Å². The van der Waals surface area contributed by atoms with Gasteiger partial charge in [0.2, 0.25) is 0 Å². The summed E-state index contributed by atoms with van der Waals surface area (Å²) in [5, 5.41) is 0. The molecule has 170 valence electrons. The molecule has 0 N–H and O–H groups in total. The van der Waals surface area contributed by atoms with Crippen LogP contribution in [0.25, 0.3) is 0 Å². The first-order chi connectivity index (χ1) is 15.1. The lowest BCUT2D eigenvalue weighted by Crippen LogP contribution is -2.21. The average Bonchev–Trinajstić information content (AvgIpc) is 2.74. The van der Waals surface area contributed by atoms with E-state index in [0.29, 0.717) is 12.8 Å². The lowest BCUT2D eigenvalue weighted by molar-refractivity contribution is -0.274. The molecule has 0 spiro atoms. The first-order valence-electron chi connectivity index (χ1n) is 10.2. The summed E-state index contributed by atoms with van der Waals surface area (Å²) >= 11 is 0. The maximum Gasteiger partial charge on any atom is 0.573 e. The van der Waals surface area contributed by atoms with Crippen molar-refractivity contribution in [3.05, 3.63) is 95.1 Å². The molecule has 32 heavy (non-hydrogen) atoms. The van der Waals surface area contributed by atoms with Crippen molar-refractivity contribution >= 4 is 0 Å². The number of aryl methyl sites for hydroxylation is 3. The van der Waals surface area contributed by atoms with Crippen LogP contribution in [0.5, 0.6) is 11.5 Å². The minimum Gasteiger partial charge on any atom is -0.429 e. The highest BCUT2D eigenvalue weighted by molar-refractivity contribution is 5.32. The van der Waals surface area contributed by atoms with Crippen LogP contribution >= 0.6 is 0 Å². The molecule has 0 saturated carbocycles. The van der Waals surface area contributed by atoms with Crippen LogP contribution in [0, 0.1) is 0 Å². The Morgan fingerprint density at radius 3 is 1.41 bits per heavy atom. The summed E-state index contributed by atoms with van der Waals surface area (Å²) in [6.45, 7) is 2.03. The van der Waals surface area contributed by atoms with Gasteiger partial charge in [-0.15, -0.1) is 13.2 Å². The van der Waals surface area contributed by atoms with Crippen LogP contribution in [0.2, 0.25) is 0 Å². The SMILES string of the molecule is CCCc1ccc(C(F)(F)Oc2ccc(CCc3ccc(OC(F)(F)F)cc3)cc2)cc1. The predicted octanol–water partition coefficient (Wildman–Crippen LogP) is 7.45. The molecule has 0 atom stereocenters. The van der Waals surface area contributed by atoms with Crippen LogP contribution in [-0.2, 0) is 25.4 Å². The van der Waals surface area contributed by atoms with E-state index in [-0.39, 0.29) is 17.1 Å². The van der Waals surface area contributed by atoms with Gasteiger partial charge in [0.25, 0.3) is 0 Å². The summed E-state index contributed by atoms with van der Waals surface area (Å²) in [5.41, 5.74) is 2.51. The monoisotopic (exact) mass is 450 g/mol. The Hall–Kier alpha value is -3.09. The molecule has 3 aromatic rings. The quantitative estimate of drug-likeness (QED) is 0.315. The summed E-state index contributed by atoms with van der Waals surface area (Å²) in [4.78, 5) is 0. The number of rotatable bonds is 9. The number of hydrogen-bond acceptors (Lipinski definition) is 2. The third kappa shape index (κ3) is 6.97. The van der Waals surface area contributed by atoms with Crippen LogP contribution < -0.4 is 9.47 Å². The van der Waals surface area contributed by atoms with Crippen molar-refractivity contribution in [2.75, 3.05) is 0 Å². The molecule has 7 heteroatoms. The van der Waals surface area contributed by atoms with Gasteiger partial charge in [0, 0.05) is 0 Å². The first kappa shape index (κ1) is 23.6. The molecule has 0 fully saturated rings. The maximum atomic E-state index is 14.5. The molecule has 0 saturated heterocycles. The molecule has 3 aromatic carbocycles. The van der Waals surface area contributed by atoms with Crippen LogP contribution in [0.15, 0.2) is 72.8 Å². The van der Waals surface area contributed by atoms with Gasteiger partial charge in [-0.3, -0.25) is 0 Å². The van der Waals surface area contributed by atoms with Gasteiger partial charge in [-0.05, 0) is 72.4 Å². The smallest absolute Gasteiger partial charge is 0.429 e. The van der Waals surface area contributed by atoms with Gasteiger partial charge in [0.05, 0.1) is 5.56 Å². The van der Waals surface area contributed by atoms with Gasteiger partial charge < -0.3 is 9.47 Å². The lowest BCUT2D eigenvalue weighted by atomic mass is 10.0. The first-order valence-corrected chi connectivity index (χ1v) is 10.2. The molecule has 0 aliphatic rings. The van der Waals surface area contributed by atoms with E-state index < -0.39 is 12.5 Å². The van der Waals surface area contributed by atoms with Crippen LogP contribution in [-0.4, -0.2) is 6.36 Å². The fourth-order valence-electron chi connectivity index (χ4n) is 3.23. The third-order valence-electron chi connectivity index (χ3n) is 4.86. The Labute approximate surface area is 183 Å². The largest absolute Gasteiger partial charge is 0.573 e. The van der Waals surface area contributed by atoms with Crippen molar-refractivity contribution in [3.8, 4) is 11.5 Å². The Kier molecular flexibility index (Phi) is 7.38. The van der Waals surface area contributed by atoms with Crippen molar-refractivity contribution < 1.29 is 31.4 Å². The molecule has 0 radical (unpaired) electrons. The van der Waals surface area contributed by atoms with Gasteiger partial charge in [-0.1, -0.05) is 49.7 Å². The van der Waals surface area contributed by atoms with E-state index in [9.17, 15) is 22.0 Å². The van der Waals surface area contributed by atoms with E-state index in [1.165, 1.54) is 36.4 Å². The number of ether oxygens (including phenoxy) is 2. The number of halogens is 5. The van der Waals surface area contributed by atoms with E-state index in [0.717, 1.165) is 29.5 Å². The number of benzene rings is 3. The zero-order valence-corrected chi connectivity index (χ0v) is 17.5. The number of hydrogen-bond donors (Lipinski definition) is 0. The van der Waals surface area contributed by atoms with Crippen LogP contribution in [0.3, 0.4) is 0 Å². The predicted molar refractivity (Wildman–Crippen MR) is 112 cm³/mol. The van der Waals surface area contributed by atoms with Crippen molar-refractivity contribution in [1.82, 2.24) is 0 Å². The van der Waals surface area contributed by atoms with Crippen molar-refractivity contribution in [2.45, 2.75) is 45.1 Å². The van der Waals surface area contributed by atoms with Gasteiger partial charge in [0.15, 0.2) is 0 Å².